The van der Waals surface area contributed by atoms with Crippen LogP contribution in [-0.2, 0) is 18.4 Å². The Morgan fingerprint density at radius 3 is 1.56 bits per heavy atom. The van der Waals surface area contributed by atoms with Gasteiger partial charge < -0.3 is 19.8 Å². The highest BCUT2D eigenvalue weighted by atomic mass is 31.2. The van der Waals surface area contributed by atoms with Gasteiger partial charge in [-0.15, -0.1) is 0 Å². The van der Waals surface area contributed by atoms with Crippen LogP contribution in [0.3, 0.4) is 0 Å². The molecule has 0 aromatic rings. The van der Waals surface area contributed by atoms with Crippen LogP contribution >= 0.6 is 7.82 Å². The zero-order valence-corrected chi connectivity index (χ0v) is 35.2. The van der Waals surface area contributed by atoms with Crippen LogP contribution in [-0.4, -0.2) is 73.4 Å². The third-order valence-electron chi connectivity index (χ3n) is 9.00. The second-order valence-corrected chi connectivity index (χ2v) is 16.8. The maximum absolute atomic E-state index is 12.8. The summed E-state index contributed by atoms with van der Waals surface area (Å²) in [6.45, 7) is 4.73. The van der Waals surface area contributed by atoms with Crippen LogP contribution in [0.2, 0.25) is 0 Å². The smallest absolute Gasteiger partial charge is 0.387 e. The number of likely N-dealkylation sites (N-methyl/N-ethyl adjacent to an activating group) is 1. The third-order valence-corrected chi connectivity index (χ3v) is 9.98. The summed E-state index contributed by atoms with van der Waals surface area (Å²) in [5.41, 5.74) is 0. The fraction of sp³-hybridized carbons (Fsp3) is 0.791. The van der Waals surface area contributed by atoms with Crippen LogP contribution in [0.5, 0.6) is 0 Å². The number of nitrogens with one attached hydrogen (secondary N) is 1. The van der Waals surface area contributed by atoms with E-state index in [9.17, 15) is 19.4 Å². The van der Waals surface area contributed by atoms with Crippen molar-refractivity contribution in [1.82, 2.24) is 5.32 Å². The summed E-state index contributed by atoms with van der Waals surface area (Å²) in [4.78, 5) is 23.0. The maximum Gasteiger partial charge on any atom is 0.472 e. The minimum Gasteiger partial charge on any atom is -0.387 e. The van der Waals surface area contributed by atoms with Crippen LogP contribution in [0.4, 0.5) is 0 Å². The van der Waals surface area contributed by atoms with Gasteiger partial charge in [0, 0.05) is 6.42 Å². The molecule has 0 spiro atoms. The van der Waals surface area contributed by atoms with Crippen LogP contribution in [0.15, 0.2) is 48.6 Å². The first kappa shape index (κ1) is 50.5. The number of rotatable bonds is 37. The van der Waals surface area contributed by atoms with Crippen molar-refractivity contribution in [3.05, 3.63) is 48.6 Å². The summed E-state index contributed by atoms with van der Waals surface area (Å²) in [6, 6.07) is -0.870. The Morgan fingerprint density at radius 2 is 1.06 bits per heavy atom. The van der Waals surface area contributed by atoms with Gasteiger partial charge in [-0.25, -0.2) is 4.57 Å². The average molecular weight is 754 g/mol. The number of aliphatic hydroxyl groups excluding tert-OH is 1. The number of hydrogen-bond donors (Lipinski definition) is 3. The molecule has 52 heavy (non-hydrogen) atoms. The fourth-order valence-electron chi connectivity index (χ4n) is 5.59. The van der Waals surface area contributed by atoms with E-state index in [2.05, 4.69) is 55.6 Å². The van der Waals surface area contributed by atoms with Crippen molar-refractivity contribution in [2.24, 2.45) is 0 Å². The number of carbonyl (C=O) groups excluding carboxylic acids is 1. The molecule has 0 aliphatic heterocycles. The van der Waals surface area contributed by atoms with E-state index < -0.39 is 20.0 Å². The SMILES string of the molecule is CCCCCC/C=C\CCCCCCCCCC(=O)NC(COP(=O)(O)OCC[N+](C)(C)C)C(O)/C=C/CC/C=C/CC/C=C/CCCCCCC. The number of hydrogen-bond acceptors (Lipinski definition) is 5. The van der Waals surface area contributed by atoms with Crippen molar-refractivity contribution in [2.45, 2.75) is 180 Å². The predicted molar refractivity (Wildman–Crippen MR) is 221 cm³/mol. The summed E-state index contributed by atoms with van der Waals surface area (Å²) in [6.07, 6.45) is 43.2. The normalized spacial score (nSPS) is 15.0. The number of aliphatic hydroxyl groups is 1. The Hall–Kier alpha value is -1.54. The largest absolute Gasteiger partial charge is 0.472 e. The van der Waals surface area contributed by atoms with Crippen molar-refractivity contribution in [3.63, 3.8) is 0 Å². The van der Waals surface area contributed by atoms with E-state index in [-0.39, 0.29) is 19.1 Å². The Kier molecular flexibility index (Phi) is 34.1. The molecule has 9 heteroatoms. The highest BCUT2D eigenvalue weighted by Crippen LogP contribution is 2.43. The molecule has 1 amide bonds. The second kappa shape index (κ2) is 35.2. The van der Waals surface area contributed by atoms with Gasteiger partial charge in [0.2, 0.25) is 5.91 Å². The topological polar surface area (TPSA) is 105 Å². The average Bonchev–Trinajstić information content (AvgIpc) is 3.09. The van der Waals surface area contributed by atoms with Gasteiger partial charge in [0.15, 0.2) is 0 Å². The molecule has 0 saturated heterocycles. The first-order chi connectivity index (χ1) is 25.0. The molecule has 0 saturated carbocycles. The van der Waals surface area contributed by atoms with Crippen molar-refractivity contribution in [2.75, 3.05) is 40.9 Å². The Morgan fingerprint density at radius 1 is 0.635 bits per heavy atom. The summed E-state index contributed by atoms with van der Waals surface area (Å²) in [5, 5.41) is 13.8. The monoisotopic (exact) mass is 754 g/mol. The molecule has 0 bridgehead atoms. The molecule has 0 aromatic heterocycles. The lowest BCUT2D eigenvalue weighted by atomic mass is 10.1. The molecule has 8 nitrogen and oxygen atoms in total. The third kappa shape index (κ3) is 36.8. The lowest BCUT2D eigenvalue weighted by Crippen LogP contribution is -2.45. The van der Waals surface area contributed by atoms with E-state index in [1.54, 1.807) is 6.08 Å². The van der Waals surface area contributed by atoms with Crippen LogP contribution in [0.1, 0.15) is 168 Å². The first-order valence-electron chi connectivity index (χ1n) is 21.0. The number of allylic oxidation sites excluding steroid dienone is 7. The number of carbonyl (C=O) groups is 1. The number of unbranched alkanes of at least 4 members (excludes halogenated alkanes) is 18. The maximum atomic E-state index is 12.8. The molecule has 0 aliphatic rings. The van der Waals surface area contributed by atoms with E-state index >= 15 is 0 Å². The molecule has 0 fully saturated rings. The van der Waals surface area contributed by atoms with Crippen LogP contribution < -0.4 is 5.32 Å². The van der Waals surface area contributed by atoms with E-state index in [0.29, 0.717) is 17.4 Å². The molecular weight excluding hydrogens is 671 g/mol. The molecule has 0 aromatic carbocycles. The van der Waals surface area contributed by atoms with E-state index in [1.165, 1.54) is 103 Å². The first-order valence-corrected chi connectivity index (χ1v) is 22.5. The van der Waals surface area contributed by atoms with Gasteiger partial charge >= 0.3 is 7.82 Å². The molecule has 3 atom stereocenters. The quantitative estimate of drug-likeness (QED) is 0.0252. The molecule has 0 heterocycles. The summed E-state index contributed by atoms with van der Waals surface area (Å²) in [7, 11) is 1.54. The summed E-state index contributed by atoms with van der Waals surface area (Å²) in [5.74, 6) is -0.199. The lowest BCUT2D eigenvalue weighted by Gasteiger charge is -2.25. The van der Waals surface area contributed by atoms with E-state index in [1.807, 2.05) is 27.2 Å². The van der Waals surface area contributed by atoms with Crippen molar-refractivity contribution in [3.8, 4) is 0 Å². The number of phosphoric acid groups is 1. The predicted octanol–water partition coefficient (Wildman–Crippen LogP) is 11.3. The number of nitrogens with zero attached hydrogens (tertiary/aromatic N) is 1. The van der Waals surface area contributed by atoms with Gasteiger partial charge in [0.25, 0.3) is 0 Å². The lowest BCUT2D eigenvalue weighted by molar-refractivity contribution is -0.870. The molecule has 3 N–H and O–H groups in total. The Bertz CT molecular complexity index is 991. The molecule has 304 valence electrons. The van der Waals surface area contributed by atoms with Gasteiger partial charge in [-0.05, 0) is 70.6 Å². The molecular formula is C43H82N2O6P+. The van der Waals surface area contributed by atoms with Gasteiger partial charge in [0.05, 0.1) is 39.9 Å². The minimum absolute atomic E-state index is 0.0515. The van der Waals surface area contributed by atoms with E-state index in [0.717, 1.165) is 44.9 Å². The highest BCUT2D eigenvalue weighted by Gasteiger charge is 2.27. The van der Waals surface area contributed by atoms with Crippen molar-refractivity contribution < 1.29 is 32.9 Å². The molecule has 0 aliphatic carbocycles. The van der Waals surface area contributed by atoms with Gasteiger partial charge in [-0.2, -0.15) is 0 Å². The molecule has 0 radical (unpaired) electrons. The Labute approximate surface area is 320 Å². The zero-order chi connectivity index (χ0) is 38.6. The van der Waals surface area contributed by atoms with Gasteiger partial charge in [-0.3, -0.25) is 13.8 Å². The zero-order valence-electron chi connectivity index (χ0n) is 34.3. The van der Waals surface area contributed by atoms with Crippen LogP contribution in [0, 0.1) is 0 Å². The number of amides is 1. The minimum atomic E-state index is -4.35. The summed E-state index contributed by atoms with van der Waals surface area (Å²) >= 11 is 0. The number of phosphoric ester groups is 1. The standard InChI is InChI=1S/C43H81N2O6P/c1-6-8-10-12-14-16-18-20-22-24-26-28-30-32-34-36-42(46)41(40-51-52(48,49)50-39-38-45(3,4)5)44-43(47)37-35-33-31-29-27-25-23-21-19-17-15-13-11-9-7-2/h17-20,26,28,34,36,41-42,46H,6-16,21-25,27,29-33,35,37-40H2,1-5H3,(H-,44,47,48,49)/p+1/b19-17-,20-18+,28-26+,36-34+. The van der Waals surface area contributed by atoms with Crippen LogP contribution in [0.25, 0.3) is 0 Å². The second-order valence-electron chi connectivity index (χ2n) is 15.3. The Balaban J connectivity index is 4.57. The molecule has 3 unspecified atom stereocenters. The molecule has 0 rings (SSSR count). The summed E-state index contributed by atoms with van der Waals surface area (Å²) < 4.78 is 23.5. The van der Waals surface area contributed by atoms with Crippen molar-refractivity contribution >= 4 is 13.7 Å². The highest BCUT2D eigenvalue weighted by molar-refractivity contribution is 7.47. The van der Waals surface area contributed by atoms with E-state index in [4.69, 9.17) is 9.05 Å². The fourth-order valence-corrected chi connectivity index (χ4v) is 6.33. The number of quaternary nitrogens is 1. The van der Waals surface area contributed by atoms with Crippen molar-refractivity contribution in [1.29, 1.82) is 0 Å². The van der Waals surface area contributed by atoms with Gasteiger partial charge in [-0.1, -0.05) is 140 Å². The van der Waals surface area contributed by atoms with Gasteiger partial charge in [0.1, 0.15) is 13.2 Å².